The smallest absolute Gasteiger partial charge is 0.0835 e. The van der Waals surface area contributed by atoms with Crippen molar-refractivity contribution in [2.75, 3.05) is 6.61 Å². The molecule has 1 aliphatic heterocycles. The molecule has 1 nitrogen and oxygen atoms in total. The van der Waals surface area contributed by atoms with E-state index in [1.54, 1.807) is 0 Å². The molecule has 0 spiro atoms. The van der Waals surface area contributed by atoms with Crippen molar-refractivity contribution in [1.82, 2.24) is 0 Å². The minimum absolute atomic E-state index is 0.616. The summed E-state index contributed by atoms with van der Waals surface area (Å²) in [5.74, 6) is 0.792. The topological polar surface area (TPSA) is 12.5 Å². The molecule has 0 N–H and O–H groups in total. The summed E-state index contributed by atoms with van der Waals surface area (Å²) >= 11 is 0. The summed E-state index contributed by atoms with van der Waals surface area (Å²) in [5.41, 5.74) is 0. The molecule has 0 aliphatic carbocycles. The summed E-state index contributed by atoms with van der Waals surface area (Å²) in [6.07, 6.45) is 1.87. The first-order valence-electron chi connectivity index (χ1n) is 2.96. The van der Waals surface area contributed by atoms with Crippen molar-refractivity contribution >= 4 is 0 Å². The van der Waals surface area contributed by atoms with E-state index in [-0.39, 0.29) is 0 Å². The Bertz CT molecular complexity index is 57.2. The molecule has 1 fully saturated rings. The van der Waals surface area contributed by atoms with Crippen LogP contribution in [0.3, 0.4) is 0 Å². The van der Waals surface area contributed by atoms with Crippen LogP contribution < -0.4 is 0 Å². The third kappa shape index (κ3) is 1.16. The minimum Gasteiger partial charge on any atom is -0.373 e. The van der Waals surface area contributed by atoms with Crippen molar-refractivity contribution in [2.45, 2.75) is 26.4 Å². The quantitative estimate of drug-likeness (QED) is 0.478. The maximum Gasteiger partial charge on any atom is 0.0835 e. The lowest BCUT2D eigenvalue weighted by Crippen LogP contribution is -1.99. The molecule has 0 radical (unpaired) electrons. The van der Waals surface area contributed by atoms with Crippen LogP contribution in [0.25, 0.3) is 0 Å². The van der Waals surface area contributed by atoms with Crippen LogP contribution in [0.5, 0.6) is 0 Å². The third-order valence-corrected chi connectivity index (χ3v) is 1.64. The highest BCUT2D eigenvalue weighted by Gasteiger charge is 2.27. The van der Waals surface area contributed by atoms with Crippen molar-refractivity contribution in [2.24, 2.45) is 5.92 Å². The van der Waals surface area contributed by atoms with Gasteiger partial charge in [0, 0.05) is 0 Å². The zero-order valence-corrected chi connectivity index (χ0v) is 4.98. The highest BCUT2D eigenvalue weighted by atomic mass is 16.6. The van der Waals surface area contributed by atoms with Crippen LogP contribution in [-0.4, -0.2) is 12.7 Å². The summed E-state index contributed by atoms with van der Waals surface area (Å²) in [4.78, 5) is 0. The Balaban J connectivity index is 2.10. The summed E-state index contributed by atoms with van der Waals surface area (Å²) in [5, 5.41) is 0. The Morgan fingerprint density at radius 2 is 2.43 bits per heavy atom. The van der Waals surface area contributed by atoms with Crippen molar-refractivity contribution in [3.63, 3.8) is 0 Å². The summed E-state index contributed by atoms with van der Waals surface area (Å²) in [7, 11) is 0. The first-order chi connectivity index (χ1) is 3.34. The molecule has 0 aromatic rings. The van der Waals surface area contributed by atoms with Gasteiger partial charge in [0.2, 0.25) is 0 Å². The monoisotopic (exact) mass is 100 g/mol. The Labute approximate surface area is 44.7 Å². The van der Waals surface area contributed by atoms with Gasteiger partial charge in [-0.2, -0.15) is 0 Å². The Morgan fingerprint density at radius 1 is 1.86 bits per heavy atom. The minimum atomic E-state index is 0.616. The lowest BCUT2D eigenvalue weighted by molar-refractivity contribution is 0.337. The van der Waals surface area contributed by atoms with E-state index in [0.717, 1.165) is 12.5 Å². The molecular weight excluding hydrogens is 88.1 g/mol. The number of hydrogen-bond acceptors (Lipinski definition) is 1. The fraction of sp³-hybridized carbons (Fsp3) is 1.00. The molecule has 1 rings (SSSR count). The molecule has 0 amide bonds. The van der Waals surface area contributed by atoms with E-state index in [2.05, 4.69) is 13.8 Å². The van der Waals surface area contributed by atoms with E-state index in [1.807, 2.05) is 0 Å². The average molecular weight is 100 g/mol. The number of epoxide rings is 1. The first kappa shape index (κ1) is 5.10. The standard InChI is InChI=1S/C6H12O/c1-3-5(2)6-4-7-6/h5-6H,3-4H2,1-2H3/t5?,6-/m0/s1. The van der Waals surface area contributed by atoms with Crippen LogP contribution >= 0.6 is 0 Å². The third-order valence-electron chi connectivity index (χ3n) is 1.64. The second-order valence-electron chi connectivity index (χ2n) is 2.26. The van der Waals surface area contributed by atoms with Gasteiger partial charge in [0.05, 0.1) is 12.7 Å². The molecule has 0 aromatic heterocycles. The van der Waals surface area contributed by atoms with Crippen molar-refractivity contribution in [3.05, 3.63) is 0 Å². The van der Waals surface area contributed by atoms with Crippen LogP contribution in [0, 0.1) is 5.92 Å². The Morgan fingerprint density at radius 3 is 2.57 bits per heavy atom. The predicted octanol–water partition coefficient (Wildman–Crippen LogP) is 1.43. The van der Waals surface area contributed by atoms with Gasteiger partial charge >= 0.3 is 0 Å². The van der Waals surface area contributed by atoms with Gasteiger partial charge in [0.15, 0.2) is 0 Å². The molecule has 0 aromatic carbocycles. The number of hydrogen-bond donors (Lipinski definition) is 0. The SMILES string of the molecule is CCC(C)[C@@H]1CO1. The molecule has 1 heterocycles. The fourth-order valence-corrected chi connectivity index (χ4v) is 0.647. The van der Waals surface area contributed by atoms with E-state index in [1.165, 1.54) is 6.42 Å². The molecular formula is C6H12O. The fourth-order valence-electron chi connectivity index (χ4n) is 0.647. The molecule has 2 atom stereocenters. The van der Waals surface area contributed by atoms with E-state index in [9.17, 15) is 0 Å². The molecule has 7 heavy (non-hydrogen) atoms. The molecule has 0 saturated carbocycles. The molecule has 1 saturated heterocycles. The van der Waals surface area contributed by atoms with Crippen molar-refractivity contribution < 1.29 is 4.74 Å². The van der Waals surface area contributed by atoms with Gasteiger partial charge in [0.1, 0.15) is 0 Å². The maximum absolute atomic E-state index is 5.06. The van der Waals surface area contributed by atoms with Gasteiger partial charge in [-0.1, -0.05) is 20.3 Å². The normalized spacial score (nSPS) is 32.6. The molecule has 1 aliphatic rings. The Kier molecular flexibility index (Phi) is 1.33. The van der Waals surface area contributed by atoms with Gasteiger partial charge in [-0.05, 0) is 5.92 Å². The zero-order chi connectivity index (χ0) is 5.28. The van der Waals surface area contributed by atoms with Crippen LogP contribution in [0.1, 0.15) is 20.3 Å². The van der Waals surface area contributed by atoms with Crippen LogP contribution in [-0.2, 0) is 4.74 Å². The molecule has 1 heteroatoms. The summed E-state index contributed by atoms with van der Waals surface area (Å²) in [6.45, 7) is 5.44. The first-order valence-corrected chi connectivity index (χ1v) is 2.96. The van der Waals surface area contributed by atoms with Gasteiger partial charge < -0.3 is 4.74 Å². The number of rotatable bonds is 2. The second-order valence-corrected chi connectivity index (χ2v) is 2.26. The van der Waals surface area contributed by atoms with Crippen LogP contribution in [0.2, 0.25) is 0 Å². The maximum atomic E-state index is 5.06. The molecule has 1 unspecified atom stereocenters. The lowest BCUT2D eigenvalue weighted by atomic mass is 10.1. The van der Waals surface area contributed by atoms with Crippen LogP contribution in [0.15, 0.2) is 0 Å². The Hall–Kier alpha value is -0.0400. The van der Waals surface area contributed by atoms with E-state index in [4.69, 9.17) is 4.74 Å². The zero-order valence-electron chi connectivity index (χ0n) is 4.98. The van der Waals surface area contributed by atoms with Gasteiger partial charge in [0.25, 0.3) is 0 Å². The number of ether oxygens (including phenoxy) is 1. The second kappa shape index (κ2) is 1.83. The lowest BCUT2D eigenvalue weighted by Gasteiger charge is -1.98. The molecule has 42 valence electrons. The van der Waals surface area contributed by atoms with E-state index >= 15 is 0 Å². The highest BCUT2D eigenvalue weighted by Crippen LogP contribution is 2.21. The van der Waals surface area contributed by atoms with Crippen LogP contribution in [0.4, 0.5) is 0 Å². The van der Waals surface area contributed by atoms with Crippen molar-refractivity contribution in [3.8, 4) is 0 Å². The largest absolute Gasteiger partial charge is 0.373 e. The van der Waals surface area contributed by atoms with Gasteiger partial charge in [-0.3, -0.25) is 0 Å². The summed E-state index contributed by atoms with van der Waals surface area (Å²) in [6, 6.07) is 0. The predicted molar refractivity (Wildman–Crippen MR) is 29.2 cm³/mol. The average Bonchev–Trinajstić information content (AvgIpc) is 2.44. The highest BCUT2D eigenvalue weighted by molar-refractivity contribution is 4.74. The van der Waals surface area contributed by atoms with E-state index in [0.29, 0.717) is 6.10 Å². The van der Waals surface area contributed by atoms with Gasteiger partial charge in [-0.25, -0.2) is 0 Å². The van der Waals surface area contributed by atoms with Crippen molar-refractivity contribution in [1.29, 1.82) is 0 Å². The summed E-state index contributed by atoms with van der Waals surface area (Å²) < 4.78 is 5.06. The van der Waals surface area contributed by atoms with E-state index < -0.39 is 0 Å². The molecule has 0 bridgehead atoms. The van der Waals surface area contributed by atoms with Gasteiger partial charge in [-0.15, -0.1) is 0 Å².